The van der Waals surface area contributed by atoms with Gasteiger partial charge in [-0.2, -0.15) is 0 Å². The van der Waals surface area contributed by atoms with Crippen molar-refractivity contribution in [2.24, 2.45) is 0 Å². The fourth-order valence-corrected chi connectivity index (χ4v) is 4.69. The average molecular weight is 455 g/mol. The molecule has 3 aromatic carbocycles. The molecule has 1 aliphatic rings. The van der Waals surface area contributed by atoms with Crippen LogP contribution < -0.4 is 9.46 Å². The zero-order valence-corrected chi connectivity index (χ0v) is 18.4. The van der Waals surface area contributed by atoms with Crippen molar-refractivity contribution >= 4 is 15.7 Å². The maximum absolute atomic E-state index is 12.0. The molecule has 3 aromatic rings. The van der Waals surface area contributed by atoms with Gasteiger partial charge in [0.25, 0.3) is 5.69 Å². The summed E-state index contributed by atoms with van der Waals surface area (Å²) in [5, 5.41) is 10.4. The molecule has 0 aliphatic heterocycles. The van der Waals surface area contributed by atoms with Crippen molar-refractivity contribution in [1.29, 1.82) is 0 Å². The van der Waals surface area contributed by atoms with Gasteiger partial charge in [-0.25, -0.2) is 13.1 Å². The molecule has 0 heterocycles. The lowest BCUT2D eigenvalue weighted by Crippen LogP contribution is -2.36. The number of nitro groups is 1. The number of para-hydroxylation sites is 1. The zero-order valence-electron chi connectivity index (χ0n) is 17.6. The quantitative estimate of drug-likeness (QED) is 0.381. The summed E-state index contributed by atoms with van der Waals surface area (Å²) in [6.07, 6.45) is 5.41. The molecular weight excluding hydrogens is 428 g/mol. The van der Waals surface area contributed by atoms with E-state index in [1.807, 2.05) is 36.4 Å². The highest BCUT2D eigenvalue weighted by molar-refractivity contribution is 7.89. The van der Waals surface area contributed by atoms with Crippen molar-refractivity contribution in [2.45, 2.75) is 43.0 Å². The third-order valence-electron chi connectivity index (χ3n) is 5.01. The van der Waals surface area contributed by atoms with Gasteiger partial charge in [0, 0.05) is 18.2 Å². The summed E-state index contributed by atoms with van der Waals surface area (Å²) in [5.74, 6) is 1.29. The van der Waals surface area contributed by atoms with Gasteiger partial charge in [-0.15, -0.1) is 0 Å². The molecule has 8 heteroatoms. The Labute approximate surface area is 188 Å². The van der Waals surface area contributed by atoms with Gasteiger partial charge in [0.15, 0.2) is 0 Å². The van der Waals surface area contributed by atoms with Gasteiger partial charge >= 0.3 is 0 Å². The lowest BCUT2D eigenvalue weighted by molar-refractivity contribution is -0.384. The van der Waals surface area contributed by atoms with Gasteiger partial charge in [-0.05, 0) is 49.2 Å². The van der Waals surface area contributed by atoms with E-state index in [1.54, 1.807) is 36.4 Å². The minimum absolute atomic E-state index is 0.0559. The van der Waals surface area contributed by atoms with Gasteiger partial charge in [0.2, 0.25) is 10.0 Å². The molecular formula is C24H26N2O5S. The van der Waals surface area contributed by atoms with Gasteiger partial charge in [-0.3, -0.25) is 10.1 Å². The molecule has 0 saturated heterocycles. The van der Waals surface area contributed by atoms with Crippen LogP contribution in [0.3, 0.4) is 0 Å². The normalized spacial score (nSPS) is 14.1. The molecule has 1 fully saturated rings. The van der Waals surface area contributed by atoms with Gasteiger partial charge in [0.1, 0.15) is 11.5 Å². The van der Waals surface area contributed by atoms with Crippen molar-refractivity contribution in [1.82, 2.24) is 4.72 Å². The second kappa shape index (κ2) is 11.4. The van der Waals surface area contributed by atoms with Crippen molar-refractivity contribution in [2.75, 3.05) is 0 Å². The van der Waals surface area contributed by atoms with E-state index in [4.69, 9.17) is 4.74 Å². The van der Waals surface area contributed by atoms with Crippen molar-refractivity contribution in [3.8, 4) is 11.5 Å². The van der Waals surface area contributed by atoms with Crippen LogP contribution in [0, 0.1) is 10.1 Å². The van der Waals surface area contributed by atoms with Crippen LogP contribution in [0.15, 0.2) is 89.8 Å². The number of sulfonamides is 1. The summed E-state index contributed by atoms with van der Waals surface area (Å²) in [6.45, 7) is 0. The number of nitrogens with zero attached hydrogens (tertiary/aromatic N) is 1. The highest BCUT2D eigenvalue weighted by atomic mass is 32.2. The Kier molecular flexibility index (Phi) is 8.35. The monoisotopic (exact) mass is 454 g/mol. The molecule has 1 aliphatic carbocycles. The third-order valence-corrected chi connectivity index (χ3v) is 6.54. The lowest BCUT2D eigenvalue weighted by atomic mass is 9.96. The third kappa shape index (κ3) is 7.18. The highest BCUT2D eigenvalue weighted by Crippen LogP contribution is 2.23. The van der Waals surface area contributed by atoms with Crippen molar-refractivity contribution in [3.05, 3.63) is 95.0 Å². The molecule has 0 unspecified atom stereocenters. The SMILES string of the molecule is O=S(=O)(NC1CCCCC1)c1ccccc1.O=[N+]([O-])c1ccc(Oc2ccccc2)cc1. The molecule has 0 aromatic heterocycles. The van der Waals surface area contributed by atoms with E-state index in [-0.39, 0.29) is 11.7 Å². The van der Waals surface area contributed by atoms with Gasteiger partial charge in [0.05, 0.1) is 9.82 Å². The first-order valence-electron chi connectivity index (χ1n) is 10.5. The Bertz CT molecular complexity index is 1080. The minimum Gasteiger partial charge on any atom is -0.457 e. The van der Waals surface area contributed by atoms with Crippen molar-refractivity contribution < 1.29 is 18.1 Å². The summed E-state index contributed by atoms with van der Waals surface area (Å²) in [6, 6.07) is 23.9. The average Bonchev–Trinajstić information content (AvgIpc) is 2.81. The predicted molar refractivity (Wildman–Crippen MR) is 123 cm³/mol. The topological polar surface area (TPSA) is 98.5 Å². The molecule has 4 rings (SSSR count). The number of nitrogens with one attached hydrogen (secondary N) is 1. The fourth-order valence-electron chi connectivity index (χ4n) is 3.37. The number of ether oxygens (including phenoxy) is 1. The van der Waals surface area contributed by atoms with Crippen LogP contribution in [-0.2, 0) is 10.0 Å². The Balaban J connectivity index is 0.000000181. The molecule has 0 radical (unpaired) electrons. The Morgan fingerprint density at radius 3 is 1.88 bits per heavy atom. The summed E-state index contributed by atoms with van der Waals surface area (Å²) < 4.78 is 32.3. The number of rotatable bonds is 6. The zero-order chi connectivity index (χ0) is 22.8. The number of hydrogen-bond acceptors (Lipinski definition) is 5. The van der Waals surface area contributed by atoms with Crippen LogP contribution in [0.1, 0.15) is 32.1 Å². The second-order valence-corrected chi connectivity index (χ2v) is 9.15. The van der Waals surface area contributed by atoms with Crippen LogP contribution in [0.5, 0.6) is 11.5 Å². The number of non-ortho nitro benzene ring substituents is 1. The van der Waals surface area contributed by atoms with E-state index in [0.29, 0.717) is 16.4 Å². The van der Waals surface area contributed by atoms with Gasteiger partial charge in [-0.1, -0.05) is 55.7 Å². The summed E-state index contributed by atoms with van der Waals surface area (Å²) in [5.41, 5.74) is 0.0559. The maximum atomic E-state index is 12.0. The smallest absolute Gasteiger partial charge is 0.269 e. The molecule has 168 valence electrons. The van der Waals surface area contributed by atoms with Crippen LogP contribution in [0.2, 0.25) is 0 Å². The van der Waals surface area contributed by atoms with E-state index in [9.17, 15) is 18.5 Å². The van der Waals surface area contributed by atoms with E-state index in [2.05, 4.69) is 4.72 Å². The Hall–Kier alpha value is -3.23. The first-order chi connectivity index (χ1) is 15.4. The molecule has 1 N–H and O–H groups in total. The van der Waals surface area contributed by atoms with E-state index >= 15 is 0 Å². The van der Waals surface area contributed by atoms with Crippen molar-refractivity contribution in [3.63, 3.8) is 0 Å². The molecule has 7 nitrogen and oxygen atoms in total. The first-order valence-corrected chi connectivity index (χ1v) is 12.0. The molecule has 0 spiro atoms. The van der Waals surface area contributed by atoms with Crippen LogP contribution in [0.4, 0.5) is 5.69 Å². The predicted octanol–water partition coefficient (Wildman–Crippen LogP) is 5.68. The Morgan fingerprint density at radius 2 is 1.31 bits per heavy atom. The van der Waals surface area contributed by atoms with Gasteiger partial charge < -0.3 is 4.74 Å². The van der Waals surface area contributed by atoms with E-state index in [1.165, 1.54) is 18.6 Å². The fraction of sp³-hybridized carbons (Fsp3) is 0.250. The molecule has 0 atom stereocenters. The van der Waals surface area contributed by atoms with E-state index in [0.717, 1.165) is 25.7 Å². The second-order valence-electron chi connectivity index (χ2n) is 7.44. The summed E-state index contributed by atoms with van der Waals surface area (Å²) in [4.78, 5) is 10.4. The molecule has 32 heavy (non-hydrogen) atoms. The highest BCUT2D eigenvalue weighted by Gasteiger charge is 2.21. The van der Waals surface area contributed by atoms with Crippen LogP contribution >= 0.6 is 0 Å². The van der Waals surface area contributed by atoms with Crippen LogP contribution in [-0.4, -0.2) is 19.4 Å². The number of hydrogen-bond donors (Lipinski definition) is 1. The number of nitro benzene ring substituents is 1. The molecule has 0 bridgehead atoms. The summed E-state index contributed by atoms with van der Waals surface area (Å²) in [7, 11) is -3.31. The number of benzene rings is 3. The molecule has 1 saturated carbocycles. The standard InChI is InChI=1S/C12H9NO3.C12H17NO2S/c14-13(15)10-6-8-12(9-7-10)16-11-4-2-1-3-5-11;14-16(15,12-9-5-2-6-10-12)13-11-7-3-1-4-8-11/h1-9H;2,5-6,9-11,13H,1,3-4,7-8H2. The summed E-state index contributed by atoms with van der Waals surface area (Å²) >= 11 is 0. The minimum atomic E-state index is -3.31. The first kappa shape index (κ1) is 23.4. The largest absolute Gasteiger partial charge is 0.457 e. The lowest BCUT2D eigenvalue weighted by Gasteiger charge is -2.22. The molecule has 0 amide bonds. The Morgan fingerprint density at radius 1 is 0.781 bits per heavy atom. The van der Waals surface area contributed by atoms with Crippen LogP contribution in [0.25, 0.3) is 0 Å². The van der Waals surface area contributed by atoms with E-state index < -0.39 is 14.9 Å². The maximum Gasteiger partial charge on any atom is 0.269 e.